The van der Waals surface area contributed by atoms with Gasteiger partial charge in [0.2, 0.25) is 11.8 Å². The molecule has 1 atom stereocenters. The summed E-state index contributed by atoms with van der Waals surface area (Å²) in [6.45, 7) is 0.237. The number of hydrogen-bond donors (Lipinski definition) is 2. The Morgan fingerprint density at radius 2 is 2.15 bits per heavy atom. The van der Waals surface area contributed by atoms with Crippen LogP contribution in [0.15, 0.2) is 18.2 Å². The number of hydrogen-bond acceptors (Lipinski definition) is 3. The molecule has 7 heteroatoms. The van der Waals surface area contributed by atoms with Crippen molar-refractivity contribution in [3.8, 4) is 0 Å². The van der Waals surface area contributed by atoms with E-state index in [1.165, 1.54) is 0 Å². The fraction of sp³-hybridized carbons (Fsp3) is 0.385. The molecular formula is C13H14F2N2O3. The van der Waals surface area contributed by atoms with Gasteiger partial charge in [0.15, 0.2) is 0 Å². The first-order chi connectivity index (χ1) is 9.56. The molecule has 0 bridgehead atoms. The molecular weight excluding hydrogens is 270 g/mol. The molecule has 0 spiro atoms. The van der Waals surface area contributed by atoms with Crippen molar-refractivity contribution in [3.63, 3.8) is 0 Å². The van der Waals surface area contributed by atoms with Gasteiger partial charge >= 0.3 is 0 Å². The summed E-state index contributed by atoms with van der Waals surface area (Å²) in [5, 5.41) is 4.65. The van der Waals surface area contributed by atoms with Crippen molar-refractivity contribution in [2.75, 3.05) is 18.5 Å². The van der Waals surface area contributed by atoms with E-state index in [-0.39, 0.29) is 18.1 Å². The van der Waals surface area contributed by atoms with E-state index in [1.807, 2.05) is 0 Å². The summed E-state index contributed by atoms with van der Waals surface area (Å²) in [6, 6.07) is 2.81. The van der Waals surface area contributed by atoms with E-state index in [1.54, 1.807) is 0 Å². The van der Waals surface area contributed by atoms with E-state index < -0.39 is 23.6 Å². The Labute approximate surface area is 114 Å². The van der Waals surface area contributed by atoms with Crippen molar-refractivity contribution < 1.29 is 23.1 Å². The molecule has 1 fully saturated rings. The summed E-state index contributed by atoms with van der Waals surface area (Å²) in [6.07, 6.45) is 0.913. The number of amides is 2. The van der Waals surface area contributed by atoms with Crippen LogP contribution in [0.5, 0.6) is 0 Å². The molecule has 2 amide bonds. The maximum absolute atomic E-state index is 13.3. The van der Waals surface area contributed by atoms with E-state index in [4.69, 9.17) is 4.74 Å². The zero-order chi connectivity index (χ0) is 14.5. The summed E-state index contributed by atoms with van der Waals surface area (Å²) in [5.74, 6) is -2.56. The van der Waals surface area contributed by atoms with Crippen molar-refractivity contribution in [2.45, 2.75) is 18.9 Å². The minimum absolute atomic E-state index is 0.136. The largest absolute Gasteiger partial charge is 0.368 e. The summed E-state index contributed by atoms with van der Waals surface area (Å²) < 4.78 is 31.1. The van der Waals surface area contributed by atoms with Crippen LogP contribution < -0.4 is 10.6 Å². The summed E-state index contributed by atoms with van der Waals surface area (Å²) in [7, 11) is 0. The van der Waals surface area contributed by atoms with Crippen LogP contribution in [0.4, 0.5) is 14.5 Å². The number of benzene rings is 1. The predicted molar refractivity (Wildman–Crippen MR) is 67.0 cm³/mol. The average Bonchev–Trinajstić information content (AvgIpc) is 2.93. The molecule has 1 unspecified atom stereocenters. The first kappa shape index (κ1) is 14.4. The van der Waals surface area contributed by atoms with Gasteiger partial charge in [-0.15, -0.1) is 0 Å². The van der Waals surface area contributed by atoms with Crippen molar-refractivity contribution in [3.05, 3.63) is 29.8 Å². The molecule has 20 heavy (non-hydrogen) atoms. The summed E-state index contributed by atoms with van der Waals surface area (Å²) in [4.78, 5) is 23.1. The second-order valence-electron chi connectivity index (χ2n) is 4.39. The second kappa shape index (κ2) is 6.42. The van der Waals surface area contributed by atoms with Crippen LogP contribution in [-0.4, -0.2) is 31.1 Å². The lowest BCUT2D eigenvalue weighted by Gasteiger charge is -2.11. The lowest BCUT2D eigenvalue weighted by molar-refractivity contribution is -0.131. The molecule has 0 radical (unpaired) electrons. The topological polar surface area (TPSA) is 67.4 Å². The zero-order valence-corrected chi connectivity index (χ0v) is 10.6. The fourth-order valence-corrected chi connectivity index (χ4v) is 1.85. The molecule has 1 aliphatic heterocycles. The smallest absolute Gasteiger partial charge is 0.249 e. The highest BCUT2D eigenvalue weighted by Gasteiger charge is 2.23. The highest BCUT2D eigenvalue weighted by Crippen LogP contribution is 2.14. The standard InChI is InChI=1S/C13H14F2N2O3/c14-8-3-4-10(9(15)6-8)17-12(18)7-16-13(19)11-2-1-5-20-11/h3-4,6,11H,1-2,5,7H2,(H,16,19)(H,17,18). The Bertz CT molecular complexity index is 516. The minimum Gasteiger partial charge on any atom is -0.368 e. The lowest BCUT2D eigenvalue weighted by atomic mass is 10.2. The number of carbonyl (C=O) groups is 2. The van der Waals surface area contributed by atoms with Gasteiger partial charge in [0.05, 0.1) is 12.2 Å². The van der Waals surface area contributed by atoms with Gasteiger partial charge in [-0.2, -0.15) is 0 Å². The van der Waals surface area contributed by atoms with Crippen LogP contribution in [0.2, 0.25) is 0 Å². The molecule has 1 aliphatic rings. The minimum atomic E-state index is -0.871. The highest BCUT2D eigenvalue weighted by molar-refractivity contribution is 5.95. The first-order valence-electron chi connectivity index (χ1n) is 6.20. The van der Waals surface area contributed by atoms with E-state index in [9.17, 15) is 18.4 Å². The van der Waals surface area contributed by atoms with Crippen molar-refractivity contribution >= 4 is 17.5 Å². The van der Waals surface area contributed by atoms with Gasteiger partial charge in [0.25, 0.3) is 0 Å². The number of ether oxygens (including phenoxy) is 1. The third kappa shape index (κ3) is 3.74. The Balaban J connectivity index is 1.81. The van der Waals surface area contributed by atoms with Gasteiger partial charge in [-0.3, -0.25) is 9.59 Å². The number of rotatable bonds is 4. The second-order valence-corrected chi connectivity index (χ2v) is 4.39. The SMILES string of the molecule is O=C(CNC(=O)C1CCCO1)Nc1ccc(F)cc1F. The average molecular weight is 284 g/mol. The number of halogens is 2. The van der Waals surface area contributed by atoms with Crippen LogP contribution in [-0.2, 0) is 14.3 Å². The Morgan fingerprint density at radius 3 is 2.80 bits per heavy atom. The van der Waals surface area contributed by atoms with E-state index in [2.05, 4.69) is 10.6 Å². The van der Waals surface area contributed by atoms with Gasteiger partial charge in [-0.05, 0) is 25.0 Å². The molecule has 1 aromatic rings. The molecule has 2 rings (SSSR count). The first-order valence-corrected chi connectivity index (χ1v) is 6.20. The maximum Gasteiger partial charge on any atom is 0.249 e. The Morgan fingerprint density at radius 1 is 1.35 bits per heavy atom. The third-order valence-corrected chi connectivity index (χ3v) is 2.85. The number of carbonyl (C=O) groups excluding carboxylic acids is 2. The number of nitrogens with one attached hydrogen (secondary N) is 2. The van der Waals surface area contributed by atoms with Gasteiger partial charge < -0.3 is 15.4 Å². The fourth-order valence-electron chi connectivity index (χ4n) is 1.85. The van der Waals surface area contributed by atoms with Crippen LogP contribution in [0, 0.1) is 11.6 Å². The molecule has 108 valence electrons. The predicted octanol–water partition coefficient (Wildman–Crippen LogP) is 1.20. The molecule has 1 saturated heterocycles. The number of anilines is 1. The van der Waals surface area contributed by atoms with Crippen LogP contribution in [0.25, 0.3) is 0 Å². The Kier molecular flexibility index (Phi) is 4.62. The molecule has 0 saturated carbocycles. The lowest BCUT2D eigenvalue weighted by Crippen LogP contribution is -2.39. The van der Waals surface area contributed by atoms with Crippen LogP contribution in [0.1, 0.15) is 12.8 Å². The van der Waals surface area contributed by atoms with Crippen LogP contribution in [0.3, 0.4) is 0 Å². The zero-order valence-electron chi connectivity index (χ0n) is 10.6. The van der Waals surface area contributed by atoms with E-state index >= 15 is 0 Å². The van der Waals surface area contributed by atoms with Gasteiger partial charge in [0, 0.05) is 12.7 Å². The van der Waals surface area contributed by atoms with E-state index in [0.29, 0.717) is 19.1 Å². The van der Waals surface area contributed by atoms with Crippen LogP contribution >= 0.6 is 0 Å². The summed E-state index contributed by atoms with van der Waals surface area (Å²) in [5.41, 5.74) is -0.136. The molecule has 0 aliphatic carbocycles. The molecule has 2 N–H and O–H groups in total. The van der Waals surface area contributed by atoms with E-state index in [0.717, 1.165) is 18.6 Å². The van der Waals surface area contributed by atoms with Crippen molar-refractivity contribution in [1.82, 2.24) is 5.32 Å². The summed E-state index contributed by atoms with van der Waals surface area (Å²) >= 11 is 0. The quantitative estimate of drug-likeness (QED) is 0.873. The van der Waals surface area contributed by atoms with Crippen molar-refractivity contribution in [1.29, 1.82) is 0 Å². The molecule has 0 aromatic heterocycles. The highest BCUT2D eigenvalue weighted by atomic mass is 19.1. The normalized spacial score (nSPS) is 17.8. The van der Waals surface area contributed by atoms with Gasteiger partial charge in [-0.1, -0.05) is 0 Å². The Hall–Kier alpha value is -2.02. The molecule has 1 heterocycles. The monoisotopic (exact) mass is 284 g/mol. The maximum atomic E-state index is 13.3. The van der Waals surface area contributed by atoms with Gasteiger partial charge in [0.1, 0.15) is 17.7 Å². The van der Waals surface area contributed by atoms with Gasteiger partial charge in [-0.25, -0.2) is 8.78 Å². The molecule has 5 nitrogen and oxygen atoms in total. The molecule has 1 aromatic carbocycles. The van der Waals surface area contributed by atoms with Crippen molar-refractivity contribution in [2.24, 2.45) is 0 Å². The third-order valence-electron chi connectivity index (χ3n) is 2.85.